The minimum Gasteiger partial charge on any atom is -0.346 e. The summed E-state index contributed by atoms with van der Waals surface area (Å²) < 4.78 is 37.2. The molecule has 8 heteroatoms. The topological polar surface area (TPSA) is 41.1 Å². The van der Waals surface area contributed by atoms with E-state index in [2.05, 4.69) is 15.5 Å². The van der Waals surface area contributed by atoms with Gasteiger partial charge in [-0.1, -0.05) is 11.3 Å². The third-order valence-corrected chi connectivity index (χ3v) is 4.35. The van der Waals surface area contributed by atoms with Gasteiger partial charge in [-0.25, -0.2) is 0 Å². The zero-order valence-corrected chi connectivity index (χ0v) is 9.68. The predicted molar refractivity (Wildman–Crippen MR) is 57.0 cm³/mol. The number of hydrogen-bond acceptors (Lipinski definition) is 5. The van der Waals surface area contributed by atoms with Crippen LogP contribution in [0.3, 0.4) is 0 Å². The van der Waals surface area contributed by atoms with Crippen molar-refractivity contribution in [3.63, 3.8) is 0 Å². The van der Waals surface area contributed by atoms with Gasteiger partial charge in [0, 0.05) is 26.2 Å². The highest BCUT2D eigenvalue weighted by Crippen LogP contribution is 2.37. The lowest BCUT2D eigenvalue weighted by Crippen LogP contribution is -2.25. The Morgan fingerprint density at radius 2 is 1.82 bits per heavy atom. The molecular weight excluding hydrogens is 253 g/mol. The molecule has 1 aromatic rings. The summed E-state index contributed by atoms with van der Waals surface area (Å²) in [5.74, 6) is 1.07. The number of nitrogens with one attached hydrogen (secondary N) is 1. The minimum atomic E-state index is -4.38. The molecule has 1 N–H and O–H groups in total. The zero-order valence-electron chi connectivity index (χ0n) is 8.87. The standard InChI is InChI=1S/C9H11F3N4S/c10-9(11,12)7-14-15-8(17-7)16-3-5-1-13-2-6(5)4-16/h5-6,13H,1-4H2. The first kappa shape index (κ1) is 11.2. The normalized spacial score (nSPS) is 28.8. The molecule has 2 aliphatic heterocycles. The molecule has 94 valence electrons. The second kappa shape index (κ2) is 3.81. The predicted octanol–water partition coefficient (Wildman–Crippen LogP) is 1.21. The number of alkyl halides is 3. The second-order valence-corrected chi connectivity index (χ2v) is 5.43. The molecule has 2 unspecified atom stereocenters. The summed E-state index contributed by atoms with van der Waals surface area (Å²) >= 11 is 0.634. The lowest BCUT2D eigenvalue weighted by Gasteiger charge is -2.14. The van der Waals surface area contributed by atoms with E-state index in [4.69, 9.17) is 0 Å². The third kappa shape index (κ3) is 1.99. The van der Waals surface area contributed by atoms with E-state index in [1.165, 1.54) is 0 Å². The van der Waals surface area contributed by atoms with Crippen LogP contribution in [0.1, 0.15) is 5.01 Å². The molecule has 0 amide bonds. The van der Waals surface area contributed by atoms with Crippen LogP contribution in [0.15, 0.2) is 0 Å². The van der Waals surface area contributed by atoms with Crippen molar-refractivity contribution >= 4 is 16.5 Å². The summed E-state index contributed by atoms with van der Waals surface area (Å²) in [5.41, 5.74) is 0. The largest absolute Gasteiger partial charge is 0.445 e. The van der Waals surface area contributed by atoms with Crippen LogP contribution in [0.2, 0.25) is 0 Å². The highest BCUT2D eigenvalue weighted by atomic mass is 32.1. The van der Waals surface area contributed by atoms with Crippen molar-refractivity contribution in [1.29, 1.82) is 0 Å². The summed E-state index contributed by atoms with van der Waals surface area (Å²) in [4.78, 5) is 1.92. The first-order valence-electron chi connectivity index (χ1n) is 5.40. The van der Waals surface area contributed by atoms with Gasteiger partial charge in [-0.15, -0.1) is 10.2 Å². The molecule has 0 saturated carbocycles. The van der Waals surface area contributed by atoms with Crippen LogP contribution in [0.5, 0.6) is 0 Å². The summed E-state index contributed by atoms with van der Waals surface area (Å²) in [6, 6.07) is 0. The van der Waals surface area contributed by atoms with Crippen molar-refractivity contribution in [2.45, 2.75) is 6.18 Å². The lowest BCUT2D eigenvalue weighted by molar-refractivity contribution is -0.138. The highest BCUT2D eigenvalue weighted by molar-refractivity contribution is 7.15. The van der Waals surface area contributed by atoms with E-state index in [9.17, 15) is 13.2 Å². The average molecular weight is 264 g/mol. The summed E-state index contributed by atoms with van der Waals surface area (Å²) in [6.07, 6.45) is -4.38. The van der Waals surface area contributed by atoms with E-state index in [1.54, 1.807) is 0 Å². The van der Waals surface area contributed by atoms with Gasteiger partial charge in [0.1, 0.15) is 0 Å². The molecular formula is C9H11F3N4S. The third-order valence-electron chi connectivity index (χ3n) is 3.32. The fourth-order valence-electron chi connectivity index (χ4n) is 2.47. The Bertz CT molecular complexity index is 407. The Morgan fingerprint density at radius 3 is 2.35 bits per heavy atom. The van der Waals surface area contributed by atoms with Gasteiger partial charge in [0.15, 0.2) is 0 Å². The number of fused-ring (bicyclic) bond motifs is 1. The fraction of sp³-hybridized carbons (Fsp3) is 0.778. The molecule has 2 atom stereocenters. The SMILES string of the molecule is FC(F)(F)c1nnc(N2CC3CNCC3C2)s1. The summed E-state index contributed by atoms with van der Waals surface area (Å²) in [5, 5.41) is 9.68. The summed E-state index contributed by atoms with van der Waals surface area (Å²) in [7, 11) is 0. The van der Waals surface area contributed by atoms with Gasteiger partial charge >= 0.3 is 6.18 Å². The molecule has 3 rings (SSSR count). The lowest BCUT2D eigenvalue weighted by atomic mass is 10.0. The monoisotopic (exact) mass is 264 g/mol. The number of anilines is 1. The van der Waals surface area contributed by atoms with Crippen LogP contribution >= 0.6 is 11.3 Å². The van der Waals surface area contributed by atoms with Crippen molar-refractivity contribution < 1.29 is 13.2 Å². The van der Waals surface area contributed by atoms with Gasteiger partial charge in [0.05, 0.1) is 0 Å². The van der Waals surface area contributed by atoms with E-state index in [1.807, 2.05) is 4.90 Å². The fourth-order valence-corrected chi connectivity index (χ4v) is 3.20. The molecule has 1 aromatic heterocycles. The van der Waals surface area contributed by atoms with Gasteiger partial charge in [0.25, 0.3) is 0 Å². The number of halogens is 3. The Balaban J connectivity index is 1.75. The van der Waals surface area contributed by atoms with Gasteiger partial charge in [-0.3, -0.25) is 0 Å². The first-order valence-corrected chi connectivity index (χ1v) is 6.22. The maximum absolute atomic E-state index is 12.4. The van der Waals surface area contributed by atoms with E-state index >= 15 is 0 Å². The van der Waals surface area contributed by atoms with E-state index < -0.39 is 11.2 Å². The maximum Gasteiger partial charge on any atom is 0.445 e. The van der Waals surface area contributed by atoms with Gasteiger partial charge < -0.3 is 10.2 Å². The van der Waals surface area contributed by atoms with Crippen LogP contribution in [0.4, 0.5) is 18.3 Å². The molecule has 3 heterocycles. The van der Waals surface area contributed by atoms with E-state index in [0.717, 1.165) is 26.2 Å². The van der Waals surface area contributed by atoms with Crippen molar-refractivity contribution in [1.82, 2.24) is 15.5 Å². The molecule has 4 nitrogen and oxygen atoms in total. The molecule has 0 aromatic carbocycles. The second-order valence-electron chi connectivity index (χ2n) is 4.47. The molecule has 2 aliphatic rings. The average Bonchev–Trinajstić information content (AvgIpc) is 2.90. The van der Waals surface area contributed by atoms with Gasteiger partial charge in [-0.2, -0.15) is 13.2 Å². The van der Waals surface area contributed by atoms with Crippen LogP contribution in [-0.2, 0) is 6.18 Å². The van der Waals surface area contributed by atoms with Crippen LogP contribution in [0, 0.1) is 11.8 Å². The van der Waals surface area contributed by atoms with E-state index in [-0.39, 0.29) is 0 Å². The Labute approximate surface area is 99.8 Å². The molecule has 17 heavy (non-hydrogen) atoms. The molecule has 2 saturated heterocycles. The van der Waals surface area contributed by atoms with Crippen LogP contribution in [0.25, 0.3) is 0 Å². The smallest absolute Gasteiger partial charge is 0.346 e. The maximum atomic E-state index is 12.4. The van der Waals surface area contributed by atoms with Crippen molar-refractivity contribution in [3.05, 3.63) is 5.01 Å². The molecule has 2 fully saturated rings. The minimum absolute atomic E-state index is 0.395. The van der Waals surface area contributed by atoms with E-state index in [0.29, 0.717) is 28.3 Å². The Hall–Kier alpha value is -0.890. The number of rotatable bonds is 1. The number of aromatic nitrogens is 2. The zero-order chi connectivity index (χ0) is 12.0. The van der Waals surface area contributed by atoms with Crippen molar-refractivity contribution in [3.8, 4) is 0 Å². The van der Waals surface area contributed by atoms with Gasteiger partial charge in [0.2, 0.25) is 10.1 Å². The molecule has 0 bridgehead atoms. The Morgan fingerprint density at radius 1 is 1.18 bits per heavy atom. The van der Waals surface area contributed by atoms with Crippen molar-refractivity contribution in [2.24, 2.45) is 11.8 Å². The quantitative estimate of drug-likeness (QED) is 0.828. The number of nitrogens with zero attached hydrogens (tertiary/aromatic N) is 3. The number of hydrogen-bond donors (Lipinski definition) is 1. The first-order chi connectivity index (χ1) is 8.04. The highest BCUT2D eigenvalue weighted by Gasteiger charge is 2.40. The van der Waals surface area contributed by atoms with Gasteiger partial charge in [-0.05, 0) is 11.8 Å². The van der Waals surface area contributed by atoms with Crippen LogP contribution < -0.4 is 10.2 Å². The van der Waals surface area contributed by atoms with Crippen molar-refractivity contribution in [2.75, 3.05) is 31.1 Å². The molecule has 0 radical (unpaired) electrons. The Kier molecular flexibility index (Phi) is 2.51. The molecule has 0 aliphatic carbocycles. The summed E-state index contributed by atoms with van der Waals surface area (Å²) in [6.45, 7) is 3.46. The van der Waals surface area contributed by atoms with Crippen LogP contribution in [-0.4, -0.2) is 36.4 Å². The molecule has 0 spiro atoms.